The molecule has 0 saturated carbocycles. The predicted octanol–water partition coefficient (Wildman–Crippen LogP) is 1.27. The molecule has 1 rings (SSSR count). The molecule has 0 amide bonds. The first kappa shape index (κ1) is 14.1. The summed E-state index contributed by atoms with van der Waals surface area (Å²) in [5, 5.41) is 13.9. The van der Waals surface area contributed by atoms with Gasteiger partial charge < -0.3 is 15.3 Å². The Labute approximate surface area is 105 Å². The summed E-state index contributed by atoms with van der Waals surface area (Å²) in [5.74, 6) is -0.952. The van der Waals surface area contributed by atoms with Gasteiger partial charge in [0.1, 0.15) is 0 Å². The monoisotopic (exact) mass is 257 g/mol. The molecule has 0 aliphatic heterocycles. The molecule has 17 heavy (non-hydrogen) atoms. The molecule has 0 aliphatic rings. The van der Waals surface area contributed by atoms with E-state index in [2.05, 4.69) is 29.3 Å². The van der Waals surface area contributed by atoms with Gasteiger partial charge in [0.2, 0.25) is 5.01 Å². The molecule has 5 nitrogen and oxygen atoms in total. The quantitative estimate of drug-likeness (QED) is 0.687. The number of nitrogens with zero attached hydrogens (tertiary/aromatic N) is 2. The van der Waals surface area contributed by atoms with Crippen LogP contribution in [0.2, 0.25) is 0 Å². The molecule has 6 heteroatoms. The van der Waals surface area contributed by atoms with Crippen LogP contribution in [-0.4, -0.2) is 48.1 Å². The van der Waals surface area contributed by atoms with Crippen molar-refractivity contribution in [1.82, 2.24) is 15.2 Å². The van der Waals surface area contributed by atoms with Crippen LogP contribution in [0.25, 0.3) is 0 Å². The highest BCUT2D eigenvalue weighted by Gasteiger charge is 2.07. The lowest BCUT2D eigenvalue weighted by Crippen LogP contribution is -2.18. The first-order chi connectivity index (χ1) is 8.09. The molecule has 1 aromatic heterocycles. The average molecular weight is 257 g/mol. The Kier molecular flexibility index (Phi) is 6.10. The van der Waals surface area contributed by atoms with E-state index in [1.54, 1.807) is 5.38 Å². The molecule has 1 heterocycles. The Morgan fingerprint density at radius 2 is 2.29 bits per heavy atom. The maximum Gasteiger partial charge on any atom is 0.365 e. The number of thiazole rings is 1. The van der Waals surface area contributed by atoms with Crippen molar-refractivity contribution >= 4 is 17.3 Å². The first-order valence-corrected chi connectivity index (χ1v) is 6.50. The normalized spacial score (nSPS) is 11.0. The van der Waals surface area contributed by atoms with Crippen LogP contribution in [-0.2, 0) is 6.54 Å². The third-order valence-corrected chi connectivity index (χ3v) is 3.13. The second kappa shape index (κ2) is 7.37. The zero-order chi connectivity index (χ0) is 12.7. The molecule has 0 aliphatic carbocycles. The van der Waals surface area contributed by atoms with Crippen molar-refractivity contribution in [2.45, 2.75) is 19.4 Å². The summed E-state index contributed by atoms with van der Waals surface area (Å²) in [6, 6.07) is 0. The van der Waals surface area contributed by atoms with E-state index >= 15 is 0 Å². The third-order valence-electron chi connectivity index (χ3n) is 2.25. The SMILES string of the molecule is CN(C)CCCCNCc1csc(C(=O)O)n1. The molecule has 96 valence electrons. The van der Waals surface area contributed by atoms with Gasteiger partial charge >= 0.3 is 5.97 Å². The Morgan fingerprint density at radius 1 is 1.53 bits per heavy atom. The van der Waals surface area contributed by atoms with Gasteiger partial charge in [-0.2, -0.15) is 0 Å². The van der Waals surface area contributed by atoms with Gasteiger partial charge in [-0.25, -0.2) is 9.78 Å². The van der Waals surface area contributed by atoms with Gasteiger partial charge in [0, 0.05) is 11.9 Å². The van der Waals surface area contributed by atoms with E-state index in [4.69, 9.17) is 5.11 Å². The number of hydrogen-bond acceptors (Lipinski definition) is 5. The van der Waals surface area contributed by atoms with Crippen LogP contribution in [0, 0.1) is 0 Å². The van der Waals surface area contributed by atoms with Crippen molar-refractivity contribution in [2.75, 3.05) is 27.2 Å². The fourth-order valence-corrected chi connectivity index (χ4v) is 2.04. The summed E-state index contributed by atoms with van der Waals surface area (Å²) >= 11 is 1.17. The van der Waals surface area contributed by atoms with Crippen molar-refractivity contribution < 1.29 is 9.90 Å². The van der Waals surface area contributed by atoms with Crippen LogP contribution < -0.4 is 5.32 Å². The summed E-state index contributed by atoms with van der Waals surface area (Å²) in [6.45, 7) is 2.68. The Balaban J connectivity index is 2.11. The molecular weight excluding hydrogens is 238 g/mol. The minimum atomic E-state index is -0.952. The van der Waals surface area contributed by atoms with Gasteiger partial charge in [-0.1, -0.05) is 0 Å². The van der Waals surface area contributed by atoms with Gasteiger partial charge in [0.05, 0.1) is 5.69 Å². The van der Waals surface area contributed by atoms with Gasteiger partial charge in [-0.15, -0.1) is 11.3 Å². The van der Waals surface area contributed by atoms with Crippen molar-refractivity contribution in [3.63, 3.8) is 0 Å². The minimum absolute atomic E-state index is 0.161. The van der Waals surface area contributed by atoms with Crippen molar-refractivity contribution in [3.8, 4) is 0 Å². The lowest BCUT2D eigenvalue weighted by Gasteiger charge is -2.08. The lowest BCUT2D eigenvalue weighted by molar-refractivity contribution is 0.0696. The zero-order valence-corrected chi connectivity index (χ0v) is 11.1. The van der Waals surface area contributed by atoms with Gasteiger partial charge in [0.15, 0.2) is 0 Å². The highest BCUT2D eigenvalue weighted by atomic mass is 32.1. The van der Waals surface area contributed by atoms with Crippen molar-refractivity contribution in [1.29, 1.82) is 0 Å². The molecule has 0 spiro atoms. The van der Waals surface area contributed by atoms with Crippen molar-refractivity contribution in [2.24, 2.45) is 0 Å². The van der Waals surface area contributed by atoms with E-state index in [1.165, 1.54) is 11.3 Å². The van der Waals surface area contributed by atoms with Crippen LogP contribution in [0.3, 0.4) is 0 Å². The molecule has 0 aromatic carbocycles. The van der Waals surface area contributed by atoms with Crippen LogP contribution >= 0.6 is 11.3 Å². The molecule has 0 fully saturated rings. The average Bonchev–Trinajstić information content (AvgIpc) is 2.71. The molecule has 2 N–H and O–H groups in total. The fourth-order valence-electron chi connectivity index (χ4n) is 1.38. The number of carboxylic acids is 1. The maximum atomic E-state index is 10.6. The first-order valence-electron chi connectivity index (χ1n) is 5.62. The zero-order valence-electron chi connectivity index (χ0n) is 10.3. The molecule has 0 bridgehead atoms. The standard InChI is InChI=1S/C11H19N3O2S/c1-14(2)6-4-3-5-12-7-9-8-17-10(13-9)11(15)16/h8,12H,3-7H2,1-2H3,(H,15,16). The van der Waals surface area contributed by atoms with Crippen LogP contribution in [0.15, 0.2) is 5.38 Å². The molecule has 0 atom stereocenters. The molecular formula is C11H19N3O2S. The predicted molar refractivity (Wildman–Crippen MR) is 68.6 cm³/mol. The van der Waals surface area contributed by atoms with Gasteiger partial charge in [0.25, 0.3) is 0 Å². The highest BCUT2D eigenvalue weighted by Crippen LogP contribution is 2.09. The summed E-state index contributed by atoms with van der Waals surface area (Å²) in [4.78, 5) is 16.8. The van der Waals surface area contributed by atoms with Crippen LogP contribution in [0.4, 0.5) is 0 Å². The number of aromatic carboxylic acids is 1. The molecule has 0 unspecified atom stereocenters. The number of hydrogen-bond donors (Lipinski definition) is 2. The van der Waals surface area contributed by atoms with Crippen molar-refractivity contribution in [3.05, 3.63) is 16.1 Å². The lowest BCUT2D eigenvalue weighted by atomic mass is 10.3. The van der Waals surface area contributed by atoms with E-state index in [0.29, 0.717) is 6.54 Å². The fraction of sp³-hybridized carbons (Fsp3) is 0.636. The van der Waals surface area contributed by atoms with Gasteiger partial charge in [-0.05, 0) is 40.0 Å². The number of nitrogens with one attached hydrogen (secondary N) is 1. The van der Waals surface area contributed by atoms with Gasteiger partial charge in [-0.3, -0.25) is 0 Å². The Bertz CT molecular complexity index is 352. The van der Waals surface area contributed by atoms with Crippen LogP contribution in [0.1, 0.15) is 28.3 Å². The minimum Gasteiger partial charge on any atom is -0.476 e. The second-order valence-electron chi connectivity index (χ2n) is 4.14. The smallest absolute Gasteiger partial charge is 0.365 e. The number of carboxylic acid groups (broad SMARTS) is 1. The molecule has 1 aromatic rings. The number of carbonyl (C=O) groups is 1. The summed E-state index contributed by atoms with van der Waals surface area (Å²) in [5.41, 5.74) is 0.806. The largest absolute Gasteiger partial charge is 0.476 e. The van der Waals surface area contributed by atoms with E-state index in [1.807, 2.05) is 0 Å². The highest BCUT2D eigenvalue weighted by molar-refractivity contribution is 7.11. The summed E-state index contributed by atoms with van der Waals surface area (Å²) < 4.78 is 0. The Morgan fingerprint density at radius 3 is 2.88 bits per heavy atom. The topological polar surface area (TPSA) is 65.5 Å². The van der Waals surface area contributed by atoms with E-state index in [0.717, 1.165) is 31.6 Å². The maximum absolute atomic E-state index is 10.6. The summed E-state index contributed by atoms with van der Waals surface area (Å²) in [6.07, 6.45) is 2.28. The summed E-state index contributed by atoms with van der Waals surface area (Å²) in [7, 11) is 4.13. The van der Waals surface area contributed by atoms with E-state index in [9.17, 15) is 4.79 Å². The van der Waals surface area contributed by atoms with E-state index in [-0.39, 0.29) is 5.01 Å². The molecule has 0 saturated heterocycles. The molecule has 0 radical (unpaired) electrons. The van der Waals surface area contributed by atoms with Crippen LogP contribution in [0.5, 0.6) is 0 Å². The number of rotatable bonds is 8. The number of unbranched alkanes of at least 4 members (excludes halogenated alkanes) is 1. The van der Waals surface area contributed by atoms with E-state index < -0.39 is 5.97 Å². The number of aromatic nitrogens is 1. The second-order valence-corrected chi connectivity index (χ2v) is 4.99. The Hall–Kier alpha value is -0.980. The third kappa shape index (κ3) is 5.76.